The number of hydrogen-bond donors (Lipinski definition) is 5. The number of nitrogens with zero attached hydrogens (tertiary/aromatic N) is 10. The van der Waals surface area contributed by atoms with Crippen molar-refractivity contribution in [3.05, 3.63) is 166 Å². The lowest BCUT2D eigenvalue weighted by Crippen LogP contribution is -2.58. The molecule has 5 N–H and O–H groups in total. The number of carbonyl (C=O) groups excluding carboxylic acids is 5. The van der Waals surface area contributed by atoms with Gasteiger partial charge in [0.05, 0.1) is 159 Å². The number of benzene rings is 3. The van der Waals surface area contributed by atoms with Crippen LogP contribution in [0.4, 0.5) is 0 Å². The van der Waals surface area contributed by atoms with Gasteiger partial charge in [-0.05, 0) is 100 Å². The molecular weight excluding hydrogens is 1600 g/mol. The van der Waals surface area contributed by atoms with Crippen LogP contribution in [0.2, 0.25) is 10.0 Å². The molecule has 3 aliphatic heterocycles. The Bertz CT molecular complexity index is 4530. The van der Waals surface area contributed by atoms with Crippen molar-refractivity contribution < 1.29 is 71.7 Å². The van der Waals surface area contributed by atoms with E-state index >= 15 is 0 Å². The monoisotopic (exact) mass is 1700 g/mol. The highest BCUT2D eigenvalue weighted by atomic mass is 35.5. The van der Waals surface area contributed by atoms with Crippen molar-refractivity contribution in [2.75, 3.05) is 139 Å². The second-order valence-corrected chi connectivity index (χ2v) is 34.6. The number of carbonyl (C=O) groups is 5. The van der Waals surface area contributed by atoms with Crippen LogP contribution in [-0.2, 0) is 73.1 Å². The summed E-state index contributed by atoms with van der Waals surface area (Å²) in [5.41, 5.74) is 10.6. The number of likely N-dealkylation sites (tertiary alicyclic amines) is 1. The van der Waals surface area contributed by atoms with Gasteiger partial charge in [-0.15, -0.1) is 54.4 Å². The first kappa shape index (κ1) is 89.6. The van der Waals surface area contributed by atoms with Crippen molar-refractivity contribution in [1.29, 1.82) is 0 Å². The highest BCUT2D eigenvalue weighted by molar-refractivity contribution is 7.15. The highest BCUT2D eigenvalue weighted by Gasteiger charge is 2.45. The van der Waals surface area contributed by atoms with Gasteiger partial charge in [-0.1, -0.05) is 99.4 Å². The number of ether oxygens (including phenoxy) is 9. The smallest absolute Gasteiger partial charge is 0.246 e. The second-order valence-electron chi connectivity index (χ2n) is 30.4. The van der Waals surface area contributed by atoms with Crippen molar-refractivity contribution in [3.63, 3.8) is 0 Å². The van der Waals surface area contributed by atoms with Crippen LogP contribution in [0.1, 0.15) is 137 Å². The molecule has 8 heterocycles. The lowest BCUT2D eigenvalue weighted by Gasteiger charge is -2.35. The Morgan fingerprint density at radius 2 is 0.966 bits per heavy atom. The molecule has 5 atom stereocenters. The van der Waals surface area contributed by atoms with Crippen molar-refractivity contribution in [2.24, 2.45) is 20.8 Å². The summed E-state index contributed by atoms with van der Waals surface area (Å²) in [6.45, 7) is 26.1. The number of β-amino-alcohol motifs (C(OH)–C–C–N with tert-alkyl or cyclic N) is 1. The quantitative estimate of drug-likeness (QED) is 0.0222. The molecule has 0 saturated carbocycles. The largest absolute Gasteiger partial charge is 0.391 e. The molecule has 630 valence electrons. The molecule has 29 nitrogen and oxygen atoms in total. The summed E-state index contributed by atoms with van der Waals surface area (Å²) in [5, 5.41) is 43.6. The summed E-state index contributed by atoms with van der Waals surface area (Å²) in [7, 11) is 0. The van der Waals surface area contributed by atoms with Crippen LogP contribution in [-0.4, -0.2) is 242 Å². The maximum atomic E-state index is 14.5. The van der Waals surface area contributed by atoms with E-state index in [-0.39, 0.29) is 117 Å². The van der Waals surface area contributed by atoms with Gasteiger partial charge in [0, 0.05) is 80.1 Å². The lowest BCUT2D eigenvalue weighted by atomic mass is 9.85. The molecular formula is C83H106Cl2N14O15S3. The maximum absolute atomic E-state index is 14.5. The summed E-state index contributed by atoms with van der Waals surface area (Å²) in [6, 6.07) is 19.7. The van der Waals surface area contributed by atoms with Crippen molar-refractivity contribution in [3.8, 4) is 20.4 Å². The zero-order valence-electron chi connectivity index (χ0n) is 68.2. The minimum Gasteiger partial charge on any atom is -0.391 e. The normalized spacial score (nSPS) is 16.2. The number of amides is 5. The van der Waals surface area contributed by atoms with Gasteiger partial charge in [0.2, 0.25) is 29.5 Å². The van der Waals surface area contributed by atoms with Crippen molar-refractivity contribution >= 4 is 98.2 Å². The first-order valence-electron chi connectivity index (χ1n) is 39.3. The third-order valence-corrected chi connectivity index (χ3v) is 24.0. The summed E-state index contributed by atoms with van der Waals surface area (Å²) >= 11 is 17.4. The van der Waals surface area contributed by atoms with E-state index in [0.29, 0.717) is 86.2 Å². The van der Waals surface area contributed by atoms with Gasteiger partial charge in [0.15, 0.2) is 11.6 Å². The molecule has 0 aliphatic carbocycles. The van der Waals surface area contributed by atoms with Crippen LogP contribution in [0, 0.1) is 59.3 Å². The van der Waals surface area contributed by atoms with Gasteiger partial charge < -0.3 is 73.9 Å². The number of aliphatic hydroxyl groups excluding tert-OH is 1. The van der Waals surface area contributed by atoms with Crippen LogP contribution in [0.5, 0.6) is 0 Å². The zero-order valence-corrected chi connectivity index (χ0v) is 72.1. The van der Waals surface area contributed by atoms with E-state index in [9.17, 15) is 29.1 Å². The van der Waals surface area contributed by atoms with Crippen molar-refractivity contribution in [1.82, 2.24) is 60.7 Å². The number of aromatic nitrogens is 7. The number of thiophene rings is 2. The lowest BCUT2D eigenvalue weighted by molar-refractivity contribution is -0.145. The standard InChI is InChI=1S/C83H106Cl2N14O15S3/c1-50-53(4)116-80-70(50)72(58-16-20-61(84)21-17-58)90-64(76-95-93-55(6)98(76)80)41-67(101)86-24-26-106-28-30-108-32-34-110-36-38-112-46-83(11,48-114-45-69(103)92-75(82(8,9)10)79(105)97-44-63(100)40-66(97)78(104)88-43-57-12-14-60(15-13-57)74-52(3)89-49-115-74)47-113-39-37-111-35-33-109-31-29-107-27-25-87-68(102)42-65-77-96-94-56(7)99(77)81-71(51(2)54(5)117-81)73(91-65)59-18-22-62(85)23-19-59/h12-23,49,63-66,75,100H,24-48H2,1-11H3,(H,86,101)(H,87,102)(H,88,104)(H,92,103)/t63-,64+,65+,66+,75-/m1/s1. The molecule has 117 heavy (non-hydrogen) atoms. The molecule has 0 spiro atoms. The molecule has 11 rings (SSSR count). The zero-order chi connectivity index (χ0) is 83.3. The molecule has 5 aromatic heterocycles. The number of fused-ring (bicyclic) bond motifs is 6. The van der Waals surface area contributed by atoms with Gasteiger partial charge in [-0.2, -0.15) is 0 Å². The fourth-order valence-electron chi connectivity index (χ4n) is 13.7. The Labute approximate surface area is 704 Å². The first-order chi connectivity index (χ1) is 56.2. The van der Waals surface area contributed by atoms with E-state index in [4.69, 9.17) is 75.8 Å². The average molecular weight is 1710 g/mol. The van der Waals surface area contributed by atoms with Crippen LogP contribution in [0.3, 0.4) is 0 Å². The molecule has 0 bridgehead atoms. The second kappa shape index (κ2) is 42.7. The molecule has 34 heteroatoms. The van der Waals surface area contributed by atoms with Crippen LogP contribution in [0.25, 0.3) is 20.4 Å². The summed E-state index contributed by atoms with van der Waals surface area (Å²) in [6.07, 6.45) is -0.787. The van der Waals surface area contributed by atoms with E-state index in [1.165, 1.54) is 4.90 Å². The number of aryl methyl sites for hydroxylation is 5. The number of aliphatic imine (C=N–C) groups is 2. The Morgan fingerprint density at radius 1 is 0.538 bits per heavy atom. The molecule has 0 unspecified atom stereocenters. The Morgan fingerprint density at radius 3 is 1.40 bits per heavy atom. The Kier molecular flexibility index (Phi) is 32.7. The fourth-order valence-corrected chi connectivity index (χ4v) is 17.2. The SMILES string of the molecule is Cc1ncsc1-c1ccc(CNC(=O)[C@@H]2C[C@@H](O)CN2C(=O)[C@@H](NC(=O)COCC(C)(COCCOCCOCCOCCNC(=O)C[C@@H]2N=C(c3ccc(Cl)cc3)c3c(sc(C)c3C)-n3c(C)nnc32)COCCOCCOCCOCCNC(=O)C[C@@H]2N=C(c3ccc(Cl)cc3)c3c(sc(C)c3C)-n3c(C)nnc32)C(C)(C)C)cc1. The number of hydrogen-bond acceptors (Lipinski definition) is 25. The van der Waals surface area contributed by atoms with Gasteiger partial charge in [-0.25, -0.2) is 4.98 Å². The summed E-state index contributed by atoms with van der Waals surface area (Å²) < 4.78 is 57.1. The third-order valence-electron chi connectivity index (χ3n) is 20.1. The fraction of sp³-hybridized carbons (Fsp3) is 0.518. The molecule has 8 aromatic rings. The van der Waals surface area contributed by atoms with Gasteiger partial charge in [0.1, 0.15) is 52.4 Å². The van der Waals surface area contributed by atoms with E-state index in [1.54, 1.807) is 39.5 Å². The van der Waals surface area contributed by atoms with Gasteiger partial charge in [0.25, 0.3) is 0 Å². The van der Waals surface area contributed by atoms with Gasteiger partial charge in [-0.3, -0.25) is 43.1 Å². The minimum atomic E-state index is -1.07. The molecule has 1 fully saturated rings. The number of rotatable bonds is 44. The van der Waals surface area contributed by atoms with E-state index in [1.807, 2.05) is 130 Å². The third kappa shape index (κ3) is 24.1. The van der Waals surface area contributed by atoms with E-state index in [0.717, 1.165) is 86.3 Å². The molecule has 3 aromatic carbocycles. The van der Waals surface area contributed by atoms with Crippen LogP contribution < -0.4 is 21.3 Å². The van der Waals surface area contributed by atoms with E-state index < -0.39 is 65.4 Å². The topological polar surface area (TPSA) is 339 Å². The number of thiazole rings is 1. The Balaban J connectivity index is 0.585. The number of nitrogens with one attached hydrogen (secondary N) is 4. The summed E-state index contributed by atoms with van der Waals surface area (Å²) in [4.78, 5) is 88.4. The minimum absolute atomic E-state index is 0.0290. The van der Waals surface area contributed by atoms with Gasteiger partial charge >= 0.3 is 0 Å². The number of aliphatic hydroxyl groups is 1. The van der Waals surface area contributed by atoms with Crippen LogP contribution >= 0.6 is 57.2 Å². The predicted molar refractivity (Wildman–Crippen MR) is 449 cm³/mol. The van der Waals surface area contributed by atoms with Crippen molar-refractivity contribution in [2.45, 2.75) is 132 Å². The highest BCUT2D eigenvalue weighted by Crippen LogP contribution is 2.42. The average Bonchev–Trinajstić information content (AvgIpc) is 1.60. The summed E-state index contributed by atoms with van der Waals surface area (Å²) in [5.74, 6) is 0.751. The predicted octanol–water partition coefficient (Wildman–Crippen LogP) is 10.0. The van der Waals surface area contributed by atoms with Crippen LogP contribution in [0.15, 0.2) is 88.3 Å². The molecule has 3 aliphatic rings. The molecule has 0 radical (unpaired) electrons. The molecule has 1 saturated heterocycles. The molecule has 5 amide bonds. The first-order valence-corrected chi connectivity index (χ1v) is 42.5. The maximum Gasteiger partial charge on any atom is 0.246 e. The Hall–Kier alpha value is -8.16. The van der Waals surface area contributed by atoms with E-state index in [2.05, 4.69) is 74.3 Å². The number of halogens is 2.